The Kier molecular flexibility index (Phi) is 7.33. The summed E-state index contributed by atoms with van der Waals surface area (Å²) in [5.74, 6) is -0.246. The van der Waals surface area contributed by atoms with Crippen LogP contribution in [-0.2, 0) is 9.53 Å². The van der Waals surface area contributed by atoms with E-state index < -0.39 is 0 Å². The lowest BCUT2D eigenvalue weighted by atomic mass is 9.96. The second-order valence-electron chi connectivity index (χ2n) is 4.97. The number of esters is 1. The van der Waals surface area contributed by atoms with E-state index in [1.54, 1.807) is 0 Å². The van der Waals surface area contributed by atoms with Crippen molar-refractivity contribution in [2.45, 2.75) is 54.4 Å². The van der Waals surface area contributed by atoms with Crippen LogP contribution in [0.25, 0.3) is 0 Å². The molecule has 2 heteroatoms. The fourth-order valence-electron chi connectivity index (χ4n) is 1.67. The smallest absolute Gasteiger partial charge is 0.333 e. The molecule has 0 fully saturated rings. The Balaban J connectivity index is 4.94. The maximum absolute atomic E-state index is 11.5. The summed E-state index contributed by atoms with van der Waals surface area (Å²) in [6.07, 6.45) is 4.32. The molecular weight excluding hydrogens is 224 g/mol. The maximum atomic E-state index is 11.5. The fraction of sp³-hybridized carbons (Fsp3) is 0.562. The summed E-state index contributed by atoms with van der Waals surface area (Å²) < 4.78 is 4.75. The van der Waals surface area contributed by atoms with Crippen molar-refractivity contribution in [3.63, 3.8) is 0 Å². The third-order valence-electron chi connectivity index (χ3n) is 3.33. The minimum atomic E-state index is -0.246. The van der Waals surface area contributed by atoms with Gasteiger partial charge in [-0.3, -0.25) is 0 Å². The monoisotopic (exact) mass is 250 g/mol. The average Bonchev–Trinajstić information content (AvgIpc) is 2.34. The Morgan fingerprint density at radius 1 is 0.944 bits per heavy atom. The zero-order chi connectivity index (χ0) is 14.3. The molecule has 0 N–H and O–H groups in total. The number of carbonyl (C=O) groups excluding carboxylic acids is 1. The highest BCUT2D eigenvalue weighted by molar-refractivity contribution is 5.89. The molecule has 0 radical (unpaired) electrons. The molecule has 0 atom stereocenters. The molecule has 0 spiro atoms. The molecule has 0 rings (SSSR count). The van der Waals surface area contributed by atoms with Crippen LogP contribution in [0.3, 0.4) is 0 Å². The van der Waals surface area contributed by atoms with E-state index >= 15 is 0 Å². The van der Waals surface area contributed by atoms with Gasteiger partial charge in [0.2, 0.25) is 0 Å². The summed E-state index contributed by atoms with van der Waals surface area (Å²) in [7, 11) is 1.42. The lowest BCUT2D eigenvalue weighted by Gasteiger charge is -2.10. The summed E-state index contributed by atoms with van der Waals surface area (Å²) in [4.78, 5) is 11.5. The second-order valence-corrected chi connectivity index (χ2v) is 4.97. The van der Waals surface area contributed by atoms with Gasteiger partial charge in [-0.2, -0.15) is 0 Å². The van der Waals surface area contributed by atoms with Gasteiger partial charge in [-0.25, -0.2) is 4.79 Å². The molecule has 0 aliphatic carbocycles. The topological polar surface area (TPSA) is 26.3 Å². The standard InChI is InChI=1S/C16H26O2/c1-11(2)9-8-10-12(3)13(4)14(5)15(6)16(17)18-7/h9H,8,10H2,1-7H3/b13-12-,15-14+. The second kappa shape index (κ2) is 7.91. The molecule has 0 aliphatic rings. The van der Waals surface area contributed by atoms with Crippen LogP contribution in [-0.4, -0.2) is 13.1 Å². The number of allylic oxidation sites excluding steroid dienone is 5. The van der Waals surface area contributed by atoms with Gasteiger partial charge in [-0.15, -0.1) is 0 Å². The van der Waals surface area contributed by atoms with Gasteiger partial charge >= 0.3 is 5.97 Å². The van der Waals surface area contributed by atoms with Crippen molar-refractivity contribution in [3.05, 3.63) is 33.9 Å². The van der Waals surface area contributed by atoms with E-state index in [9.17, 15) is 4.79 Å². The molecule has 2 nitrogen and oxygen atoms in total. The molecule has 0 saturated heterocycles. The SMILES string of the molecule is COC(=O)/C(C)=C(C)/C(C)=C(/C)CCC=C(C)C. The van der Waals surface area contributed by atoms with Crippen LogP contribution in [0.4, 0.5) is 0 Å². The first-order chi connectivity index (χ1) is 8.31. The van der Waals surface area contributed by atoms with Crippen LogP contribution < -0.4 is 0 Å². The van der Waals surface area contributed by atoms with E-state index in [4.69, 9.17) is 4.74 Å². The normalized spacial score (nSPS) is 13.5. The summed E-state index contributed by atoms with van der Waals surface area (Å²) in [5.41, 5.74) is 5.58. The molecule has 0 heterocycles. The Morgan fingerprint density at radius 3 is 1.94 bits per heavy atom. The predicted octanol–water partition coefficient (Wildman–Crippen LogP) is 4.58. The molecule has 18 heavy (non-hydrogen) atoms. The number of ether oxygens (including phenoxy) is 1. The van der Waals surface area contributed by atoms with Crippen molar-refractivity contribution in [3.8, 4) is 0 Å². The van der Waals surface area contributed by atoms with Gasteiger partial charge in [0.15, 0.2) is 0 Å². The van der Waals surface area contributed by atoms with Gasteiger partial charge in [0.25, 0.3) is 0 Å². The molecule has 0 unspecified atom stereocenters. The molecule has 0 aromatic heterocycles. The molecule has 0 saturated carbocycles. The van der Waals surface area contributed by atoms with Gasteiger partial charge in [-0.1, -0.05) is 17.2 Å². The molecule has 0 aromatic carbocycles. The highest BCUT2D eigenvalue weighted by Crippen LogP contribution is 2.21. The lowest BCUT2D eigenvalue weighted by molar-refractivity contribution is -0.136. The highest BCUT2D eigenvalue weighted by atomic mass is 16.5. The van der Waals surface area contributed by atoms with Crippen LogP contribution in [0.1, 0.15) is 54.4 Å². The van der Waals surface area contributed by atoms with Gasteiger partial charge in [0.05, 0.1) is 7.11 Å². The van der Waals surface area contributed by atoms with E-state index in [-0.39, 0.29) is 5.97 Å². The molecular formula is C16H26O2. The van der Waals surface area contributed by atoms with Gasteiger partial charge < -0.3 is 4.74 Å². The zero-order valence-corrected chi connectivity index (χ0v) is 12.8. The van der Waals surface area contributed by atoms with Crippen LogP contribution >= 0.6 is 0 Å². The molecule has 102 valence electrons. The third kappa shape index (κ3) is 5.35. The quantitative estimate of drug-likeness (QED) is 0.309. The Labute approximate surface area is 111 Å². The maximum Gasteiger partial charge on any atom is 0.333 e. The van der Waals surface area contributed by atoms with Crippen molar-refractivity contribution in [1.29, 1.82) is 0 Å². The third-order valence-corrected chi connectivity index (χ3v) is 3.33. The van der Waals surface area contributed by atoms with Crippen LogP contribution in [0.2, 0.25) is 0 Å². The first-order valence-electron chi connectivity index (χ1n) is 6.37. The summed E-state index contributed by atoms with van der Waals surface area (Å²) in [5, 5.41) is 0. The average molecular weight is 250 g/mol. The Bertz CT molecular complexity index is 391. The van der Waals surface area contributed by atoms with Gasteiger partial charge in [0.1, 0.15) is 0 Å². The van der Waals surface area contributed by atoms with E-state index in [2.05, 4.69) is 33.8 Å². The fourth-order valence-corrected chi connectivity index (χ4v) is 1.67. The Hall–Kier alpha value is -1.31. The largest absolute Gasteiger partial charge is 0.466 e. The van der Waals surface area contributed by atoms with Crippen molar-refractivity contribution >= 4 is 5.97 Å². The number of hydrogen-bond acceptors (Lipinski definition) is 2. The van der Waals surface area contributed by atoms with Crippen molar-refractivity contribution in [2.24, 2.45) is 0 Å². The molecule has 0 aliphatic heterocycles. The molecule has 0 aromatic rings. The van der Waals surface area contributed by atoms with Crippen molar-refractivity contribution in [1.82, 2.24) is 0 Å². The summed E-state index contributed by atoms with van der Waals surface area (Å²) in [6.45, 7) is 12.2. The van der Waals surface area contributed by atoms with Crippen LogP contribution in [0.5, 0.6) is 0 Å². The Morgan fingerprint density at radius 2 is 1.50 bits per heavy atom. The van der Waals surface area contributed by atoms with E-state index in [1.165, 1.54) is 23.8 Å². The van der Waals surface area contributed by atoms with Crippen molar-refractivity contribution < 1.29 is 9.53 Å². The zero-order valence-electron chi connectivity index (χ0n) is 12.8. The minimum Gasteiger partial charge on any atom is -0.466 e. The molecule has 0 bridgehead atoms. The van der Waals surface area contributed by atoms with Crippen LogP contribution in [0, 0.1) is 0 Å². The van der Waals surface area contributed by atoms with E-state index in [0.29, 0.717) is 5.57 Å². The predicted molar refractivity (Wildman–Crippen MR) is 77.4 cm³/mol. The summed E-state index contributed by atoms with van der Waals surface area (Å²) in [6, 6.07) is 0. The van der Waals surface area contributed by atoms with E-state index in [0.717, 1.165) is 18.4 Å². The van der Waals surface area contributed by atoms with Gasteiger partial charge in [0, 0.05) is 5.57 Å². The lowest BCUT2D eigenvalue weighted by Crippen LogP contribution is -2.05. The summed E-state index contributed by atoms with van der Waals surface area (Å²) >= 11 is 0. The number of hydrogen-bond donors (Lipinski definition) is 0. The van der Waals surface area contributed by atoms with Crippen molar-refractivity contribution in [2.75, 3.05) is 7.11 Å². The highest BCUT2D eigenvalue weighted by Gasteiger charge is 2.10. The first kappa shape index (κ1) is 16.7. The van der Waals surface area contributed by atoms with Crippen LogP contribution in [0.15, 0.2) is 33.9 Å². The first-order valence-corrected chi connectivity index (χ1v) is 6.37. The van der Waals surface area contributed by atoms with Gasteiger partial charge in [-0.05, 0) is 65.5 Å². The van der Waals surface area contributed by atoms with E-state index in [1.807, 2.05) is 13.8 Å². The number of carbonyl (C=O) groups is 1. The number of methoxy groups -OCH3 is 1. The molecule has 0 amide bonds. The minimum absolute atomic E-state index is 0.246. The number of rotatable bonds is 5.